The van der Waals surface area contributed by atoms with Crippen LogP contribution in [0.25, 0.3) is 11.3 Å². The third-order valence-corrected chi connectivity index (χ3v) is 3.89. The van der Waals surface area contributed by atoms with E-state index in [9.17, 15) is 9.59 Å². The van der Waals surface area contributed by atoms with Gasteiger partial charge in [-0.15, -0.1) is 0 Å². The molecule has 2 aromatic rings. The number of aliphatic carboxylic acids is 1. The number of carbonyl (C=O) groups is 2. The van der Waals surface area contributed by atoms with Crippen molar-refractivity contribution in [2.24, 2.45) is 0 Å². The van der Waals surface area contributed by atoms with Gasteiger partial charge < -0.3 is 14.8 Å². The number of carbonyl (C=O) groups excluding carboxylic acids is 1. The van der Waals surface area contributed by atoms with Gasteiger partial charge in [-0.05, 0) is 42.8 Å². The molecule has 25 heavy (non-hydrogen) atoms. The summed E-state index contributed by atoms with van der Waals surface area (Å²) in [6.07, 6.45) is 1.21. The molecule has 0 saturated carbocycles. The molecule has 7 heteroatoms. The van der Waals surface area contributed by atoms with Crippen molar-refractivity contribution in [2.45, 2.75) is 32.4 Å². The van der Waals surface area contributed by atoms with Crippen LogP contribution in [0.15, 0.2) is 40.8 Å². The smallest absolute Gasteiger partial charge is 0.320 e. The molecule has 0 saturated heterocycles. The van der Waals surface area contributed by atoms with Crippen LogP contribution in [0.5, 0.6) is 0 Å². The zero-order chi connectivity index (χ0) is 18.2. The number of furan rings is 1. The summed E-state index contributed by atoms with van der Waals surface area (Å²) in [6.45, 7) is 2.08. The van der Waals surface area contributed by atoms with Gasteiger partial charge in [0.15, 0.2) is 0 Å². The van der Waals surface area contributed by atoms with E-state index in [2.05, 4.69) is 10.6 Å². The highest BCUT2D eigenvalue weighted by Gasteiger charge is 2.16. The molecule has 0 aliphatic heterocycles. The Morgan fingerprint density at radius 1 is 1.20 bits per heavy atom. The average Bonchev–Trinajstić information content (AvgIpc) is 3.06. The number of amides is 1. The summed E-state index contributed by atoms with van der Waals surface area (Å²) >= 11 is 5.86. The Balaban J connectivity index is 1.82. The van der Waals surface area contributed by atoms with Crippen molar-refractivity contribution in [1.29, 1.82) is 0 Å². The van der Waals surface area contributed by atoms with Gasteiger partial charge in [-0.2, -0.15) is 0 Å². The Hall–Kier alpha value is -2.31. The number of nitrogens with one attached hydrogen (secondary N) is 2. The van der Waals surface area contributed by atoms with Crippen molar-refractivity contribution in [3.8, 4) is 11.3 Å². The van der Waals surface area contributed by atoms with Gasteiger partial charge in [0.2, 0.25) is 5.91 Å². The van der Waals surface area contributed by atoms with Gasteiger partial charge >= 0.3 is 5.97 Å². The number of benzene rings is 1. The van der Waals surface area contributed by atoms with Crippen molar-refractivity contribution in [3.63, 3.8) is 0 Å². The van der Waals surface area contributed by atoms with Crippen LogP contribution in [0.2, 0.25) is 5.02 Å². The first-order valence-corrected chi connectivity index (χ1v) is 8.45. The number of hydrogen-bond acceptors (Lipinski definition) is 4. The average molecular weight is 365 g/mol. The van der Waals surface area contributed by atoms with Crippen LogP contribution in [0.1, 0.15) is 25.5 Å². The van der Waals surface area contributed by atoms with Crippen LogP contribution in [0, 0.1) is 0 Å². The minimum absolute atomic E-state index is 0.0539. The van der Waals surface area contributed by atoms with Crippen LogP contribution in [-0.2, 0) is 16.1 Å². The quantitative estimate of drug-likeness (QED) is 0.636. The third kappa shape index (κ3) is 5.92. The number of halogens is 1. The Labute approximate surface area is 151 Å². The molecule has 0 fully saturated rings. The maximum atomic E-state index is 11.8. The van der Waals surface area contributed by atoms with Gasteiger partial charge in [-0.3, -0.25) is 14.9 Å². The molecular formula is C18H21ClN2O4. The molecule has 1 unspecified atom stereocenters. The molecule has 0 radical (unpaired) electrons. The summed E-state index contributed by atoms with van der Waals surface area (Å²) in [5, 5.41) is 15.1. The monoisotopic (exact) mass is 364 g/mol. The Kier molecular flexibility index (Phi) is 7.03. The lowest BCUT2D eigenvalue weighted by Crippen LogP contribution is -2.42. The molecule has 2 rings (SSSR count). The van der Waals surface area contributed by atoms with E-state index < -0.39 is 12.0 Å². The standard InChI is InChI=1S/C18H21ClN2O4/c1-2-3-15(18(23)24)20-11-17(22)21-10-14-8-9-16(25-14)12-4-6-13(19)7-5-12/h4-9,15,20H,2-3,10-11H2,1H3,(H,21,22)(H,23,24). The van der Waals surface area contributed by atoms with Crippen LogP contribution in [0.3, 0.4) is 0 Å². The van der Waals surface area contributed by atoms with Crippen molar-refractivity contribution in [3.05, 3.63) is 47.2 Å². The molecular weight excluding hydrogens is 344 g/mol. The Morgan fingerprint density at radius 2 is 1.92 bits per heavy atom. The lowest BCUT2D eigenvalue weighted by molar-refractivity contribution is -0.139. The predicted molar refractivity (Wildman–Crippen MR) is 95.3 cm³/mol. The highest BCUT2D eigenvalue weighted by atomic mass is 35.5. The van der Waals surface area contributed by atoms with Gasteiger partial charge in [-0.25, -0.2) is 0 Å². The van der Waals surface area contributed by atoms with Crippen LogP contribution >= 0.6 is 11.6 Å². The third-order valence-electron chi connectivity index (χ3n) is 3.63. The summed E-state index contributed by atoms with van der Waals surface area (Å²) in [4.78, 5) is 22.9. The number of rotatable bonds is 9. The maximum Gasteiger partial charge on any atom is 0.320 e. The van der Waals surface area contributed by atoms with E-state index in [0.29, 0.717) is 23.0 Å². The Bertz CT molecular complexity index is 712. The molecule has 1 amide bonds. The van der Waals surface area contributed by atoms with Crippen LogP contribution in [0.4, 0.5) is 0 Å². The molecule has 0 aliphatic carbocycles. The zero-order valence-electron chi connectivity index (χ0n) is 13.9. The fourth-order valence-electron chi connectivity index (χ4n) is 2.31. The Morgan fingerprint density at radius 3 is 2.56 bits per heavy atom. The van der Waals surface area contributed by atoms with E-state index in [4.69, 9.17) is 21.1 Å². The number of carboxylic acid groups (broad SMARTS) is 1. The van der Waals surface area contributed by atoms with Gasteiger partial charge in [0.1, 0.15) is 17.6 Å². The molecule has 0 aliphatic rings. The first-order chi connectivity index (χ1) is 12.0. The molecule has 134 valence electrons. The van der Waals surface area contributed by atoms with Crippen molar-refractivity contribution in [2.75, 3.05) is 6.54 Å². The molecule has 6 nitrogen and oxygen atoms in total. The summed E-state index contributed by atoms with van der Waals surface area (Å²) in [5.74, 6) is 0.0645. The summed E-state index contributed by atoms with van der Waals surface area (Å²) in [6, 6.07) is 10.2. The second kappa shape index (κ2) is 9.25. The fourth-order valence-corrected chi connectivity index (χ4v) is 2.43. The first kappa shape index (κ1) is 19.0. The minimum Gasteiger partial charge on any atom is -0.480 e. The van der Waals surface area contributed by atoms with Crippen LogP contribution in [-0.4, -0.2) is 29.6 Å². The second-order valence-electron chi connectivity index (χ2n) is 5.61. The SMILES string of the molecule is CCCC(NCC(=O)NCc1ccc(-c2ccc(Cl)cc2)o1)C(=O)O. The number of hydrogen-bond donors (Lipinski definition) is 3. The lowest BCUT2D eigenvalue weighted by atomic mass is 10.2. The van der Waals surface area contributed by atoms with E-state index in [-0.39, 0.29) is 19.0 Å². The summed E-state index contributed by atoms with van der Waals surface area (Å²) in [5.41, 5.74) is 0.896. The highest BCUT2D eigenvalue weighted by molar-refractivity contribution is 6.30. The van der Waals surface area contributed by atoms with Gasteiger partial charge in [0, 0.05) is 10.6 Å². The van der Waals surface area contributed by atoms with Crippen molar-refractivity contribution in [1.82, 2.24) is 10.6 Å². The van der Waals surface area contributed by atoms with Gasteiger partial charge in [0.25, 0.3) is 0 Å². The predicted octanol–water partition coefficient (Wildman–Crippen LogP) is 3.06. The van der Waals surface area contributed by atoms with E-state index in [1.165, 1.54) is 0 Å². The summed E-state index contributed by atoms with van der Waals surface area (Å²) in [7, 11) is 0. The molecule has 1 heterocycles. The molecule has 1 aromatic heterocycles. The summed E-state index contributed by atoms with van der Waals surface area (Å²) < 4.78 is 5.69. The first-order valence-electron chi connectivity index (χ1n) is 8.07. The molecule has 1 aromatic carbocycles. The minimum atomic E-state index is -0.951. The zero-order valence-corrected chi connectivity index (χ0v) is 14.7. The molecule has 0 bridgehead atoms. The van der Waals surface area contributed by atoms with Crippen molar-refractivity contribution >= 4 is 23.5 Å². The van der Waals surface area contributed by atoms with Gasteiger partial charge in [0.05, 0.1) is 13.1 Å². The second-order valence-corrected chi connectivity index (χ2v) is 6.05. The fraction of sp³-hybridized carbons (Fsp3) is 0.333. The van der Waals surface area contributed by atoms with E-state index in [0.717, 1.165) is 12.0 Å². The van der Waals surface area contributed by atoms with E-state index in [1.807, 2.05) is 25.1 Å². The lowest BCUT2D eigenvalue weighted by Gasteiger charge is -2.12. The normalized spacial score (nSPS) is 11.9. The largest absolute Gasteiger partial charge is 0.480 e. The number of carboxylic acids is 1. The highest BCUT2D eigenvalue weighted by Crippen LogP contribution is 2.23. The van der Waals surface area contributed by atoms with Gasteiger partial charge in [-0.1, -0.05) is 24.9 Å². The molecule has 3 N–H and O–H groups in total. The topological polar surface area (TPSA) is 91.6 Å². The van der Waals surface area contributed by atoms with E-state index >= 15 is 0 Å². The maximum absolute atomic E-state index is 11.8. The van der Waals surface area contributed by atoms with Crippen molar-refractivity contribution < 1.29 is 19.1 Å². The molecule has 0 spiro atoms. The van der Waals surface area contributed by atoms with E-state index in [1.54, 1.807) is 18.2 Å². The molecule has 1 atom stereocenters. The van der Waals surface area contributed by atoms with Crippen LogP contribution < -0.4 is 10.6 Å².